The first-order valence-electron chi connectivity index (χ1n) is 20.8. The van der Waals surface area contributed by atoms with Crippen molar-refractivity contribution in [3.05, 3.63) is 218 Å². The molecule has 0 unspecified atom stereocenters. The molecule has 2 nitrogen and oxygen atoms in total. The maximum absolute atomic E-state index is 2.40. The zero-order valence-electron chi connectivity index (χ0n) is 32.7. The van der Waals surface area contributed by atoms with Crippen molar-refractivity contribution in [2.45, 2.75) is 0 Å². The van der Waals surface area contributed by atoms with Gasteiger partial charge in [-0.3, -0.25) is 0 Å². The van der Waals surface area contributed by atoms with E-state index in [1.807, 2.05) is 0 Å². The van der Waals surface area contributed by atoms with E-state index in [1.54, 1.807) is 0 Å². The standard InChI is InChI=1S/C58H36N2/c1-3-21-47-41(15-1)42-16-2-4-22-48(42)58-56(38-31-35-40(36-32-38)60-53-27-13-9-19-45(53)46-20-10-14-28-54(46)60)50-24-6-5-23-49(50)55(57(47)58)37-29-33-39(34-30-37)59-51-25-11-7-17-43(51)44-18-8-12-26-52(44)59/h1-36H. The lowest BCUT2D eigenvalue weighted by Crippen LogP contribution is -1.96. The number of para-hydroxylation sites is 4. The van der Waals surface area contributed by atoms with Crippen LogP contribution in [0.5, 0.6) is 0 Å². The van der Waals surface area contributed by atoms with Crippen molar-refractivity contribution in [2.24, 2.45) is 0 Å². The summed E-state index contributed by atoms with van der Waals surface area (Å²) in [5, 5.41) is 15.2. The average Bonchev–Trinajstić information content (AvgIpc) is 3.84. The summed E-state index contributed by atoms with van der Waals surface area (Å²) >= 11 is 0. The van der Waals surface area contributed by atoms with Crippen molar-refractivity contribution >= 4 is 86.7 Å². The second kappa shape index (κ2) is 12.8. The van der Waals surface area contributed by atoms with Gasteiger partial charge in [0.1, 0.15) is 0 Å². The van der Waals surface area contributed by atoms with Gasteiger partial charge < -0.3 is 9.13 Å². The summed E-state index contributed by atoms with van der Waals surface area (Å²) in [6, 6.07) is 80.5. The number of hydrogen-bond acceptors (Lipinski definition) is 0. The fraction of sp³-hybridized carbons (Fsp3) is 0. The molecular weight excluding hydrogens is 725 g/mol. The van der Waals surface area contributed by atoms with Crippen LogP contribution in [0, 0.1) is 0 Å². The first kappa shape index (κ1) is 33.1. The van der Waals surface area contributed by atoms with Crippen LogP contribution in [0.15, 0.2) is 218 Å². The van der Waals surface area contributed by atoms with Gasteiger partial charge >= 0.3 is 0 Å². The predicted octanol–water partition coefficient (Wildman–Crippen LogP) is 15.8. The molecule has 0 aliphatic carbocycles. The minimum absolute atomic E-state index is 1.15. The minimum atomic E-state index is 1.15. The molecule has 0 aliphatic heterocycles. The predicted molar refractivity (Wildman–Crippen MR) is 256 cm³/mol. The van der Waals surface area contributed by atoms with E-state index in [0.29, 0.717) is 0 Å². The summed E-state index contributed by atoms with van der Waals surface area (Å²) in [4.78, 5) is 0. The van der Waals surface area contributed by atoms with E-state index >= 15 is 0 Å². The van der Waals surface area contributed by atoms with Crippen LogP contribution >= 0.6 is 0 Å². The van der Waals surface area contributed by atoms with E-state index in [1.165, 1.54) is 109 Å². The van der Waals surface area contributed by atoms with Crippen LogP contribution in [0.1, 0.15) is 0 Å². The zero-order chi connectivity index (χ0) is 39.3. The lowest BCUT2D eigenvalue weighted by Gasteiger charge is -2.22. The molecule has 0 amide bonds. The van der Waals surface area contributed by atoms with Crippen molar-refractivity contribution in [3.63, 3.8) is 0 Å². The molecule has 0 saturated heterocycles. The Kier molecular flexibility index (Phi) is 7.05. The highest BCUT2D eigenvalue weighted by molar-refractivity contribution is 6.36. The molecule has 2 heteroatoms. The maximum Gasteiger partial charge on any atom is 0.0541 e. The number of fused-ring (bicyclic) bond motifs is 13. The van der Waals surface area contributed by atoms with E-state index in [-0.39, 0.29) is 0 Å². The van der Waals surface area contributed by atoms with Gasteiger partial charge in [-0.05, 0) is 114 Å². The van der Waals surface area contributed by atoms with Gasteiger partial charge in [0.2, 0.25) is 0 Å². The van der Waals surface area contributed by atoms with Crippen molar-refractivity contribution in [2.75, 3.05) is 0 Å². The van der Waals surface area contributed by atoms with Gasteiger partial charge in [0.25, 0.3) is 0 Å². The largest absolute Gasteiger partial charge is 0.309 e. The molecule has 0 spiro atoms. The molecule has 0 radical (unpaired) electrons. The molecule has 278 valence electrons. The SMILES string of the molecule is c1ccc2c(-c3ccc(-n4c5ccccc5c5ccccc54)cc3)c3c4ccccc4c4ccccc4c3c(-c3ccc(-n4c5ccccc5c5ccccc54)cc3)c2c1. The van der Waals surface area contributed by atoms with Crippen molar-refractivity contribution in [1.29, 1.82) is 0 Å². The normalized spacial score (nSPS) is 12.0. The van der Waals surface area contributed by atoms with Crippen molar-refractivity contribution in [3.8, 4) is 33.6 Å². The number of aromatic nitrogens is 2. The summed E-state index contributed by atoms with van der Waals surface area (Å²) in [5.74, 6) is 0. The smallest absolute Gasteiger partial charge is 0.0541 e. The number of benzene rings is 11. The lowest BCUT2D eigenvalue weighted by atomic mass is 9.81. The summed E-state index contributed by atoms with van der Waals surface area (Å²) in [7, 11) is 0. The second-order valence-corrected chi connectivity index (χ2v) is 16.0. The Balaban J connectivity index is 1.09. The Morgan fingerprint density at radius 1 is 0.200 bits per heavy atom. The molecule has 2 heterocycles. The topological polar surface area (TPSA) is 9.86 Å². The van der Waals surface area contributed by atoms with Gasteiger partial charge in [0.05, 0.1) is 22.1 Å². The third kappa shape index (κ3) is 4.64. The van der Waals surface area contributed by atoms with Gasteiger partial charge in [0, 0.05) is 32.9 Å². The van der Waals surface area contributed by atoms with Crippen LogP contribution in [0.2, 0.25) is 0 Å². The highest BCUT2D eigenvalue weighted by atomic mass is 15.0. The Bertz CT molecular complexity index is 3500. The molecular formula is C58H36N2. The van der Waals surface area contributed by atoms with Crippen LogP contribution in [-0.4, -0.2) is 9.13 Å². The van der Waals surface area contributed by atoms with Crippen LogP contribution in [-0.2, 0) is 0 Å². The van der Waals surface area contributed by atoms with Crippen LogP contribution in [0.25, 0.3) is 120 Å². The molecule has 13 aromatic rings. The monoisotopic (exact) mass is 760 g/mol. The lowest BCUT2D eigenvalue weighted by molar-refractivity contribution is 1.18. The van der Waals surface area contributed by atoms with E-state index in [4.69, 9.17) is 0 Å². The van der Waals surface area contributed by atoms with Gasteiger partial charge in [-0.15, -0.1) is 0 Å². The Labute approximate surface area is 346 Å². The summed E-state index contributed by atoms with van der Waals surface area (Å²) in [6.07, 6.45) is 0. The van der Waals surface area contributed by atoms with Crippen molar-refractivity contribution < 1.29 is 0 Å². The molecule has 0 aliphatic rings. The molecule has 0 fully saturated rings. The highest BCUT2D eigenvalue weighted by Crippen LogP contribution is 2.50. The van der Waals surface area contributed by atoms with Gasteiger partial charge in [-0.25, -0.2) is 0 Å². The zero-order valence-corrected chi connectivity index (χ0v) is 32.7. The first-order valence-corrected chi connectivity index (χ1v) is 20.8. The number of nitrogens with zero attached hydrogens (tertiary/aromatic N) is 2. The van der Waals surface area contributed by atoms with E-state index < -0.39 is 0 Å². The molecule has 0 N–H and O–H groups in total. The highest BCUT2D eigenvalue weighted by Gasteiger charge is 2.22. The van der Waals surface area contributed by atoms with E-state index in [0.717, 1.165) is 11.4 Å². The van der Waals surface area contributed by atoms with Gasteiger partial charge in [0.15, 0.2) is 0 Å². The van der Waals surface area contributed by atoms with Crippen LogP contribution < -0.4 is 0 Å². The van der Waals surface area contributed by atoms with Gasteiger partial charge in [-0.2, -0.15) is 0 Å². The first-order chi connectivity index (χ1) is 29.8. The molecule has 11 aromatic carbocycles. The Hall–Kier alpha value is -7.94. The molecule has 0 saturated carbocycles. The summed E-state index contributed by atoms with van der Waals surface area (Å²) < 4.78 is 4.80. The molecule has 2 aromatic heterocycles. The second-order valence-electron chi connectivity index (χ2n) is 16.0. The molecule has 0 bridgehead atoms. The molecule has 0 atom stereocenters. The quantitative estimate of drug-likeness (QED) is 0.125. The number of hydrogen-bond donors (Lipinski definition) is 0. The third-order valence-electron chi connectivity index (χ3n) is 12.9. The van der Waals surface area contributed by atoms with Crippen LogP contribution in [0.4, 0.5) is 0 Å². The molecule has 60 heavy (non-hydrogen) atoms. The fourth-order valence-corrected chi connectivity index (χ4v) is 10.4. The summed E-state index contributed by atoms with van der Waals surface area (Å²) in [6.45, 7) is 0. The minimum Gasteiger partial charge on any atom is -0.309 e. The maximum atomic E-state index is 2.40. The fourth-order valence-electron chi connectivity index (χ4n) is 10.4. The van der Waals surface area contributed by atoms with Crippen LogP contribution in [0.3, 0.4) is 0 Å². The average molecular weight is 761 g/mol. The molecule has 13 rings (SSSR count). The van der Waals surface area contributed by atoms with E-state index in [2.05, 4.69) is 228 Å². The Morgan fingerprint density at radius 2 is 0.450 bits per heavy atom. The van der Waals surface area contributed by atoms with Gasteiger partial charge in [-0.1, -0.05) is 170 Å². The number of rotatable bonds is 4. The summed E-state index contributed by atoms with van der Waals surface area (Å²) in [5.41, 5.74) is 12.1. The van der Waals surface area contributed by atoms with E-state index in [9.17, 15) is 0 Å². The van der Waals surface area contributed by atoms with Crippen molar-refractivity contribution in [1.82, 2.24) is 9.13 Å². The third-order valence-corrected chi connectivity index (χ3v) is 12.9. The Morgan fingerprint density at radius 3 is 0.767 bits per heavy atom.